The first-order valence-corrected chi connectivity index (χ1v) is 8.99. The molecule has 6 heteroatoms. The fourth-order valence-electron chi connectivity index (χ4n) is 2.96. The molecule has 1 N–H and O–H groups in total. The lowest BCUT2D eigenvalue weighted by Gasteiger charge is -2.10. The molecule has 1 aromatic heterocycles. The van der Waals surface area contributed by atoms with E-state index in [4.69, 9.17) is 9.47 Å². The zero-order valence-electron chi connectivity index (χ0n) is 15.8. The van der Waals surface area contributed by atoms with E-state index in [1.165, 1.54) is 6.07 Å². The third-order valence-electron chi connectivity index (χ3n) is 4.35. The van der Waals surface area contributed by atoms with Crippen LogP contribution < -0.4 is 4.74 Å². The summed E-state index contributed by atoms with van der Waals surface area (Å²) < 4.78 is 10.0. The normalized spacial score (nSPS) is 10.6. The second kappa shape index (κ2) is 8.52. The van der Waals surface area contributed by atoms with Gasteiger partial charge in [-0.25, -0.2) is 4.98 Å². The van der Waals surface area contributed by atoms with Crippen LogP contribution in [0, 0.1) is 0 Å². The number of methoxy groups -OCH3 is 1. The number of esters is 1. The van der Waals surface area contributed by atoms with Gasteiger partial charge < -0.3 is 14.6 Å². The first-order valence-electron chi connectivity index (χ1n) is 8.99. The van der Waals surface area contributed by atoms with E-state index in [0.717, 1.165) is 16.9 Å². The highest BCUT2D eigenvalue weighted by atomic mass is 16.5. The van der Waals surface area contributed by atoms with Gasteiger partial charge in [0, 0.05) is 17.4 Å². The van der Waals surface area contributed by atoms with Crippen molar-refractivity contribution in [1.82, 2.24) is 4.98 Å². The van der Waals surface area contributed by atoms with Gasteiger partial charge in [0.2, 0.25) is 0 Å². The van der Waals surface area contributed by atoms with Crippen LogP contribution in [0.15, 0.2) is 48.5 Å². The second-order valence-electron chi connectivity index (χ2n) is 6.19. The van der Waals surface area contributed by atoms with Crippen molar-refractivity contribution >= 4 is 22.7 Å². The molecule has 1 heterocycles. The summed E-state index contributed by atoms with van der Waals surface area (Å²) in [6, 6.07) is 14.6. The average Bonchev–Trinajstić information content (AvgIpc) is 2.71. The second-order valence-corrected chi connectivity index (χ2v) is 6.19. The van der Waals surface area contributed by atoms with Crippen LogP contribution in [-0.2, 0) is 9.53 Å². The molecule has 0 unspecified atom stereocenters. The average molecular weight is 379 g/mol. The fraction of sp³-hybridized carbons (Fsp3) is 0.227. The maximum Gasteiger partial charge on any atom is 0.306 e. The van der Waals surface area contributed by atoms with Crippen molar-refractivity contribution in [1.29, 1.82) is 0 Å². The van der Waals surface area contributed by atoms with Gasteiger partial charge in [0.25, 0.3) is 0 Å². The van der Waals surface area contributed by atoms with Crippen LogP contribution in [0.3, 0.4) is 0 Å². The quantitative estimate of drug-likeness (QED) is 0.490. The molecule has 0 saturated carbocycles. The van der Waals surface area contributed by atoms with Crippen LogP contribution in [0.1, 0.15) is 30.3 Å². The number of ketones is 1. The molecular formula is C22H21NO5. The van der Waals surface area contributed by atoms with Gasteiger partial charge in [0.1, 0.15) is 17.2 Å². The predicted octanol–water partition coefficient (Wildman–Crippen LogP) is 4.14. The van der Waals surface area contributed by atoms with E-state index < -0.39 is 11.8 Å². The fourth-order valence-corrected chi connectivity index (χ4v) is 2.96. The van der Waals surface area contributed by atoms with Gasteiger partial charge in [-0.05, 0) is 30.7 Å². The minimum absolute atomic E-state index is 0.0437. The zero-order valence-corrected chi connectivity index (χ0v) is 15.8. The molecule has 0 aliphatic carbocycles. The SMILES string of the molecule is CCOC(=O)CCC(=O)c1nc2c(-c3ccc(OC)cc3)cccc2cc1O. The zero-order chi connectivity index (χ0) is 20.1. The van der Waals surface area contributed by atoms with E-state index in [-0.39, 0.29) is 30.9 Å². The van der Waals surface area contributed by atoms with Crippen molar-refractivity contribution in [2.45, 2.75) is 19.8 Å². The Morgan fingerprint density at radius 2 is 1.82 bits per heavy atom. The first-order chi connectivity index (χ1) is 13.5. The highest BCUT2D eigenvalue weighted by Gasteiger charge is 2.18. The largest absolute Gasteiger partial charge is 0.506 e. The van der Waals surface area contributed by atoms with Gasteiger partial charge in [-0.2, -0.15) is 0 Å². The van der Waals surface area contributed by atoms with Crippen LogP contribution in [0.2, 0.25) is 0 Å². The molecule has 0 saturated heterocycles. The van der Waals surface area contributed by atoms with Crippen molar-refractivity contribution in [2.24, 2.45) is 0 Å². The summed E-state index contributed by atoms with van der Waals surface area (Å²) in [5, 5.41) is 11.0. The molecule has 2 aromatic carbocycles. The third-order valence-corrected chi connectivity index (χ3v) is 4.35. The summed E-state index contributed by atoms with van der Waals surface area (Å²) in [5.41, 5.74) is 2.30. The molecule has 0 atom stereocenters. The van der Waals surface area contributed by atoms with Crippen LogP contribution in [0.5, 0.6) is 11.5 Å². The summed E-state index contributed by atoms with van der Waals surface area (Å²) >= 11 is 0. The van der Waals surface area contributed by atoms with Gasteiger partial charge >= 0.3 is 5.97 Å². The summed E-state index contributed by atoms with van der Waals surface area (Å²) in [6.45, 7) is 1.97. The molecule has 0 aliphatic heterocycles. The number of pyridine rings is 1. The Hall–Kier alpha value is -3.41. The summed E-state index contributed by atoms with van der Waals surface area (Å²) in [7, 11) is 1.60. The lowest BCUT2D eigenvalue weighted by molar-refractivity contribution is -0.143. The molecule has 0 radical (unpaired) electrons. The van der Waals surface area contributed by atoms with Crippen molar-refractivity contribution in [2.75, 3.05) is 13.7 Å². The smallest absolute Gasteiger partial charge is 0.306 e. The summed E-state index contributed by atoms with van der Waals surface area (Å²) in [6.07, 6.45) is -0.123. The first kappa shape index (κ1) is 19.4. The van der Waals surface area contributed by atoms with Crippen LogP contribution in [0.25, 0.3) is 22.0 Å². The standard InChI is InChI=1S/C22H21NO5/c1-3-28-20(26)12-11-18(24)22-19(25)13-15-5-4-6-17(21(15)23-22)14-7-9-16(27-2)10-8-14/h4-10,13,25H,3,11-12H2,1-2H3. The number of nitrogens with zero attached hydrogens (tertiary/aromatic N) is 1. The lowest BCUT2D eigenvalue weighted by Crippen LogP contribution is -2.09. The number of ether oxygens (including phenoxy) is 2. The number of carbonyl (C=O) groups is 2. The summed E-state index contributed by atoms with van der Waals surface area (Å²) in [4.78, 5) is 28.4. The van der Waals surface area contributed by atoms with E-state index in [2.05, 4.69) is 4.98 Å². The molecule has 0 aliphatic rings. The number of benzene rings is 2. The Balaban J connectivity index is 1.98. The Bertz CT molecular complexity index is 1010. The maximum atomic E-state index is 12.5. The molecule has 0 fully saturated rings. The van der Waals surface area contributed by atoms with Gasteiger partial charge in [0.15, 0.2) is 5.78 Å². The minimum atomic E-state index is -0.449. The maximum absolute atomic E-state index is 12.5. The molecular weight excluding hydrogens is 358 g/mol. The van der Waals surface area contributed by atoms with Gasteiger partial charge in [-0.1, -0.05) is 30.3 Å². The van der Waals surface area contributed by atoms with Crippen LogP contribution in [0.4, 0.5) is 0 Å². The van der Waals surface area contributed by atoms with E-state index in [9.17, 15) is 14.7 Å². The Kier molecular flexibility index (Phi) is 5.89. The summed E-state index contributed by atoms with van der Waals surface area (Å²) in [5.74, 6) is -0.315. The van der Waals surface area contributed by atoms with Crippen molar-refractivity contribution in [3.05, 3.63) is 54.2 Å². The van der Waals surface area contributed by atoms with E-state index >= 15 is 0 Å². The third kappa shape index (κ3) is 4.11. The molecule has 3 aromatic rings. The van der Waals surface area contributed by atoms with E-state index in [1.807, 2.05) is 42.5 Å². The molecule has 28 heavy (non-hydrogen) atoms. The molecule has 0 amide bonds. The molecule has 0 bridgehead atoms. The number of carbonyl (C=O) groups excluding carboxylic acids is 2. The number of rotatable bonds is 7. The lowest BCUT2D eigenvalue weighted by atomic mass is 10.0. The van der Waals surface area contributed by atoms with E-state index in [0.29, 0.717) is 10.9 Å². The van der Waals surface area contributed by atoms with Gasteiger partial charge in [-0.15, -0.1) is 0 Å². The molecule has 144 valence electrons. The topological polar surface area (TPSA) is 85.7 Å². The number of hydrogen-bond acceptors (Lipinski definition) is 6. The number of aromatic hydroxyl groups is 1. The number of Topliss-reactive ketones (excluding diaryl/α,β-unsaturated/α-hetero) is 1. The Morgan fingerprint density at radius 3 is 2.50 bits per heavy atom. The Morgan fingerprint density at radius 1 is 1.07 bits per heavy atom. The van der Waals surface area contributed by atoms with Gasteiger partial charge in [-0.3, -0.25) is 9.59 Å². The van der Waals surface area contributed by atoms with Crippen molar-refractivity contribution < 1.29 is 24.2 Å². The van der Waals surface area contributed by atoms with Crippen molar-refractivity contribution in [3.63, 3.8) is 0 Å². The Labute approximate surface area is 162 Å². The number of aromatic nitrogens is 1. The highest BCUT2D eigenvalue weighted by molar-refractivity contribution is 6.02. The van der Waals surface area contributed by atoms with Crippen LogP contribution in [-0.4, -0.2) is 35.6 Å². The monoisotopic (exact) mass is 379 g/mol. The van der Waals surface area contributed by atoms with E-state index in [1.54, 1.807) is 14.0 Å². The molecule has 0 spiro atoms. The number of hydrogen-bond donors (Lipinski definition) is 1. The van der Waals surface area contributed by atoms with Crippen LogP contribution >= 0.6 is 0 Å². The minimum Gasteiger partial charge on any atom is -0.506 e. The number of para-hydroxylation sites is 1. The molecule has 3 rings (SSSR count). The number of fused-ring (bicyclic) bond motifs is 1. The molecule has 6 nitrogen and oxygen atoms in total. The highest BCUT2D eigenvalue weighted by Crippen LogP contribution is 2.32. The van der Waals surface area contributed by atoms with Crippen molar-refractivity contribution in [3.8, 4) is 22.6 Å². The predicted molar refractivity (Wildman–Crippen MR) is 106 cm³/mol. The van der Waals surface area contributed by atoms with Gasteiger partial charge in [0.05, 0.1) is 25.7 Å².